The fourth-order valence-corrected chi connectivity index (χ4v) is 4.00. The van der Waals surface area contributed by atoms with Crippen LogP contribution in [0.1, 0.15) is 30.4 Å². The first-order chi connectivity index (χ1) is 18.3. The highest BCUT2D eigenvalue weighted by Crippen LogP contribution is 2.30. The number of allylic oxidation sites excluding steroid dienone is 2. The molecule has 1 fully saturated rings. The van der Waals surface area contributed by atoms with Gasteiger partial charge in [0.15, 0.2) is 23.1 Å². The summed E-state index contributed by atoms with van der Waals surface area (Å²) in [5.74, 6) is 0.0252. The number of ketones is 2. The topological polar surface area (TPSA) is 106 Å². The van der Waals surface area contributed by atoms with Gasteiger partial charge in [-0.1, -0.05) is 24.3 Å². The molecular weight excluding hydrogens is 488 g/mol. The van der Waals surface area contributed by atoms with Gasteiger partial charge in [0.2, 0.25) is 0 Å². The molecule has 0 unspecified atom stereocenters. The van der Waals surface area contributed by atoms with Crippen LogP contribution < -0.4 is 14.4 Å². The molecule has 1 aliphatic heterocycles. The van der Waals surface area contributed by atoms with E-state index in [-0.39, 0.29) is 23.7 Å². The number of nitrogens with zero attached hydrogens (tertiary/aromatic N) is 2. The van der Waals surface area contributed by atoms with Gasteiger partial charge in [0, 0.05) is 13.6 Å². The van der Waals surface area contributed by atoms with Gasteiger partial charge in [-0.25, -0.2) is 4.79 Å². The summed E-state index contributed by atoms with van der Waals surface area (Å²) in [5.41, 5.74) is 1.87. The monoisotopic (exact) mass is 522 g/mol. The van der Waals surface area contributed by atoms with E-state index < -0.39 is 6.09 Å². The summed E-state index contributed by atoms with van der Waals surface area (Å²) in [5, 5.41) is 9.65. The van der Waals surface area contributed by atoms with E-state index in [0.717, 1.165) is 19.6 Å². The molecule has 1 amide bonds. The van der Waals surface area contributed by atoms with Crippen molar-refractivity contribution in [3.8, 4) is 17.2 Å². The van der Waals surface area contributed by atoms with Crippen LogP contribution in [0.15, 0.2) is 48.6 Å². The maximum atomic E-state index is 12.5. The van der Waals surface area contributed by atoms with Crippen LogP contribution in [-0.4, -0.2) is 75.2 Å². The molecule has 0 aromatic heterocycles. The number of phenols is 1. The first-order valence-electron chi connectivity index (χ1n) is 12.4. The zero-order valence-corrected chi connectivity index (χ0v) is 22.0. The number of phenolic OH excluding ortho intramolecular Hbond substituents is 1. The Morgan fingerprint density at radius 2 is 1.50 bits per heavy atom. The maximum Gasteiger partial charge on any atom is 0.414 e. The number of ether oxygens (including phenoxy) is 3. The third kappa shape index (κ3) is 8.21. The van der Waals surface area contributed by atoms with E-state index >= 15 is 0 Å². The van der Waals surface area contributed by atoms with Crippen LogP contribution >= 0.6 is 0 Å². The number of hydrogen-bond acceptors (Lipinski definition) is 8. The van der Waals surface area contributed by atoms with Crippen molar-refractivity contribution in [1.29, 1.82) is 0 Å². The van der Waals surface area contributed by atoms with Gasteiger partial charge < -0.3 is 19.3 Å². The summed E-state index contributed by atoms with van der Waals surface area (Å²) in [6.07, 6.45) is 7.39. The summed E-state index contributed by atoms with van der Waals surface area (Å²) in [6, 6.07) is 9.84. The summed E-state index contributed by atoms with van der Waals surface area (Å²) in [6.45, 7) is 3.13. The smallest absolute Gasteiger partial charge is 0.414 e. The Kier molecular flexibility index (Phi) is 10.5. The number of amides is 1. The van der Waals surface area contributed by atoms with E-state index in [1.54, 1.807) is 49.5 Å². The molecule has 38 heavy (non-hydrogen) atoms. The lowest BCUT2D eigenvalue weighted by Crippen LogP contribution is -2.31. The molecule has 0 aliphatic carbocycles. The van der Waals surface area contributed by atoms with Crippen LogP contribution in [0.2, 0.25) is 0 Å². The highest BCUT2D eigenvalue weighted by Gasteiger charge is 2.18. The zero-order chi connectivity index (χ0) is 27.5. The van der Waals surface area contributed by atoms with Gasteiger partial charge in [0.25, 0.3) is 0 Å². The molecule has 202 valence electrons. The number of carbonyl (C=O) groups is 3. The highest BCUT2D eigenvalue weighted by atomic mass is 16.6. The third-order valence-corrected chi connectivity index (χ3v) is 6.15. The number of hydrogen-bond donors (Lipinski definition) is 1. The maximum absolute atomic E-state index is 12.5. The van der Waals surface area contributed by atoms with Crippen LogP contribution in [0, 0.1) is 0 Å². The van der Waals surface area contributed by atoms with Crippen molar-refractivity contribution in [2.45, 2.75) is 19.3 Å². The molecule has 2 aromatic rings. The first kappa shape index (κ1) is 28.5. The number of carbonyl (C=O) groups excluding carboxylic acids is 3. The Balaban J connectivity index is 1.54. The fourth-order valence-electron chi connectivity index (χ4n) is 4.00. The molecule has 1 aliphatic rings. The molecule has 1 N–H and O–H groups in total. The largest absolute Gasteiger partial charge is 0.504 e. The van der Waals surface area contributed by atoms with Gasteiger partial charge in [0.05, 0.1) is 26.3 Å². The molecule has 0 saturated carbocycles. The van der Waals surface area contributed by atoms with Crippen molar-refractivity contribution in [1.82, 2.24) is 4.90 Å². The van der Waals surface area contributed by atoms with Crippen LogP contribution in [-0.2, 0) is 14.3 Å². The van der Waals surface area contributed by atoms with Crippen molar-refractivity contribution in [2.75, 3.05) is 52.4 Å². The SMILES string of the molecule is COc1cc(/C=C/C(=O)CC(=O)/C=C/c2ccc(N(C)C(=O)OCCN3CCCC3)c(OC)c2)ccc1O. The quantitative estimate of drug-likeness (QED) is 0.324. The number of methoxy groups -OCH3 is 2. The normalized spacial score (nSPS) is 13.7. The summed E-state index contributed by atoms with van der Waals surface area (Å²) in [4.78, 5) is 40.6. The minimum absolute atomic E-state index is 0.000416. The van der Waals surface area contributed by atoms with E-state index in [9.17, 15) is 19.5 Å². The van der Waals surface area contributed by atoms with Crippen LogP contribution in [0.25, 0.3) is 12.2 Å². The number of likely N-dealkylation sites (tertiary alicyclic amines) is 1. The van der Waals surface area contributed by atoms with Gasteiger partial charge in [-0.2, -0.15) is 0 Å². The van der Waals surface area contributed by atoms with E-state index in [4.69, 9.17) is 14.2 Å². The lowest BCUT2D eigenvalue weighted by molar-refractivity contribution is -0.121. The van der Waals surface area contributed by atoms with Crippen molar-refractivity contribution < 1.29 is 33.7 Å². The van der Waals surface area contributed by atoms with E-state index in [1.807, 2.05) is 0 Å². The van der Waals surface area contributed by atoms with Crippen molar-refractivity contribution in [3.05, 3.63) is 59.7 Å². The predicted molar refractivity (Wildman–Crippen MR) is 146 cm³/mol. The Hall–Kier alpha value is -4.11. The predicted octanol–water partition coefficient (Wildman–Crippen LogP) is 4.33. The molecular formula is C29H34N2O7. The Morgan fingerprint density at radius 1 is 0.921 bits per heavy atom. The van der Waals surface area contributed by atoms with Gasteiger partial charge in [-0.05, 0) is 73.5 Å². The zero-order valence-electron chi connectivity index (χ0n) is 22.0. The molecule has 0 atom stereocenters. The molecule has 0 radical (unpaired) electrons. The average molecular weight is 523 g/mol. The molecule has 1 heterocycles. The summed E-state index contributed by atoms with van der Waals surface area (Å²) in [7, 11) is 4.55. The first-order valence-corrected chi connectivity index (χ1v) is 12.4. The lowest BCUT2D eigenvalue weighted by Gasteiger charge is -2.21. The minimum Gasteiger partial charge on any atom is -0.504 e. The Labute approximate surface area is 222 Å². The second kappa shape index (κ2) is 14.0. The number of benzene rings is 2. The van der Waals surface area contributed by atoms with Gasteiger partial charge in [-0.15, -0.1) is 0 Å². The number of aromatic hydroxyl groups is 1. The highest BCUT2D eigenvalue weighted by molar-refractivity contribution is 6.11. The van der Waals surface area contributed by atoms with Crippen LogP contribution in [0.4, 0.5) is 10.5 Å². The summed E-state index contributed by atoms with van der Waals surface area (Å²) < 4.78 is 15.9. The van der Waals surface area contributed by atoms with Crippen LogP contribution in [0.3, 0.4) is 0 Å². The number of rotatable bonds is 12. The Bertz CT molecular complexity index is 1200. The van der Waals surface area contributed by atoms with Crippen molar-refractivity contribution >= 4 is 35.5 Å². The van der Waals surface area contributed by atoms with E-state index in [2.05, 4.69) is 4.90 Å². The van der Waals surface area contributed by atoms with Crippen molar-refractivity contribution in [2.24, 2.45) is 0 Å². The molecule has 1 saturated heterocycles. The molecule has 2 aromatic carbocycles. The molecule has 9 heteroatoms. The average Bonchev–Trinajstić information content (AvgIpc) is 3.44. The summed E-state index contributed by atoms with van der Waals surface area (Å²) >= 11 is 0. The third-order valence-electron chi connectivity index (χ3n) is 6.15. The van der Waals surface area contributed by atoms with E-state index in [1.165, 1.54) is 50.2 Å². The van der Waals surface area contributed by atoms with Gasteiger partial charge in [0.1, 0.15) is 12.4 Å². The Morgan fingerprint density at radius 3 is 2.11 bits per heavy atom. The minimum atomic E-state index is -0.474. The second-order valence-electron chi connectivity index (χ2n) is 8.86. The second-order valence-corrected chi connectivity index (χ2v) is 8.86. The molecule has 0 bridgehead atoms. The molecule has 0 spiro atoms. The van der Waals surface area contributed by atoms with Gasteiger partial charge in [-0.3, -0.25) is 19.4 Å². The molecule has 3 rings (SSSR count). The lowest BCUT2D eigenvalue weighted by atomic mass is 10.1. The number of anilines is 1. The standard InChI is InChI=1S/C29H34N2O7/c1-30(29(35)38-17-16-31-14-4-5-15-31)25-12-8-21(18-27(25)36-2)6-10-23(32)20-24(33)11-7-22-9-13-26(34)28(19-22)37-3/h6-13,18-19,34H,4-5,14-17,20H2,1-3H3/b10-6+,11-7+. The molecule has 9 nitrogen and oxygen atoms in total. The van der Waals surface area contributed by atoms with Crippen molar-refractivity contribution in [3.63, 3.8) is 0 Å². The van der Waals surface area contributed by atoms with E-state index in [0.29, 0.717) is 34.9 Å². The van der Waals surface area contributed by atoms with Crippen LogP contribution in [0.5, 0.6) is 17.2 Å². The van der Waals surface area contributed by atoms with Gasteiger partial charge >= 0.3 is 6.09 Å². The fraction of sp³-hybridized carbons (Fsp3) is 0.345.